The number of nitrogens with zero attached hydrogens (tertiary/aromatic N) is 1. The summed E-state index contributed by atoms with van der Waals surface area (Å²) in [6, 6.07) is 8.82. The first-order chi connectivity index (χ1) is 10.1. The van der Waals surface area contributed by atoms with Crippen LogP contribution in [0.4, 0.5) is 10.2 Å². The molecule has 0 fully saturated rings. The van der Waals surface area contributed by atoms with Crippen molar-refractivity contribution in [1.82, 2.24) is 4.98 Å². The van der Waals surface area contributed by atoms with E-state index in [0.29, 0.717) is 5.69 Å². The van der Waals surface area contributed by atoms with Gasteiger partial charge in [0.2, 0.25) is 0 Å². The highest BCUT2D eigenvalue weighted by Gasteiger charge is 2.14. The van der Waals surface area contributed by atoms with Gasteiger partial charge in [0, 0.05) is 0 Å². The van der Waals surface area contributed by atoms with Gasteiger partial charge < -0.3 is 10.4 Å². The fraction of sp³-hybridized carbons (Fsp3) is 0.0667. The zero-order valence-corrected chi connectivity index (χ0v) is 11.5. The van der Waals surface area contributed by atoms with Gasteiger partial charge in [-0.1, -0.05) is 29.7 Å². The summed E-state index contributed by atoms with van der Waals surface area (Å²) in [6.45, 7) is -0.281. The van der Waals surface area contributed by atoms with Gasteiger partial charge in [-0.3, -0.25) is 4.79 Å². The van der Waals surface area contributed by atoms with Crippen molar-refractivity contribution in [2.75, 3.05) is 11.9 Å². The molecule has 0 spiro atoms. The Labute approximate surface area is 125 Å². The lowest BCUT2D eigenvalue weighted by Gasteiger charge is -2.06. The first-order valence-corrected chi connectivity index (χ1v) is 6.32. The van der Waals surface area contributed by atoms with E-state index >= 15 is 0 Å². The Kier molecular flexibility index (Phi) is 4.88. The molecule has 0 aliphatic rings. The van der Waals surface area contributed by atoms with Crippen LogP contribution in [0.25, 0.3) is 0 Å². The number of benzene rings is 1. The normalized spacial score (nSPS) is 9.67. The second kappa shape index (κ2) is 6.84. The van der Waals surface area contributed by atoms with Gasteiger partial charge in [0.25, 0.3) is 5.91 Å². The standard InChI is InChI=1S/C15H10ClFN2O2/c16-14-11(6-2-7-12(14)17)15(21)19-13-8-1-4-10(18-13)5-3-9-20/h1-2,4,6-8,20H,9H2,(H,18,19,21). The maximum Gasteiger partial charge on any atom is 0.258 e. The first kappa shape index (κ1) is 15.0. The SMILES string of the molecule is O=C(Nc1cccc(C#CCO)n1)c1cccc(F)c1Cl. The molecule has 0 bridgehead atoms. The minimum absolute atomic E-state index is 0.0188. The van der Waals surface area contributed by atoms with Gasteiger partial charge in [0.15, 0.2) is 0 Å². The Morgan fingerprint density at radius 2 is 2.10 bits per heavy atom. The number of carbonyl (C=O) groups is 1. The molecule has 0 atom stereocenters. The number of aliphatic hydroxyl groups excluding tert-OH is 1. The molecule has 2 N–H and O–H groups in total. The van der Waals surface area contributed by atoms with Crippen molar-refractivity contribution >= 4 is 23.3 Å². The van der Waals surface area contributed by atoms with Gasteiger partial charge >= 0.3 is 0 Å². The number of pyridine rings is 1. The Balaban J connectivity index is 2.22. The zero-order valence-electron chi connectivity index (χ0n) is 10.7. The van der Waals surface area contributed by atoms with E-state index in [9.17, 15) is 9.18 Å². The van der Waals surface area contributed by atoms with Crippen LogP contribution in [0, 0.1) is 17.7 Å². The number of rotatable bonds is 2. The summed E-state index contributed by atoms with van der Waals surface area (Å²) in [5, 5.41) is 10.9. The van der Waals surface area contributed by atoms with Crippen molar-refractivity contribution in [2.45, 2.75) is 0 Å². The molecule has 1 heterocycles. The quantitative estimate of drug-likeness (QED) is 0.838. The Hall–Kier alpha value is -2.42. The average Bonchev–Trinajstić information content (AvgIpc) is 2.48. The Morgan fingerprint density at radius 1 is 1.33 bits per heavy atom. The summed E-state index contributed by atoms with van der Waals surface area (Å²) in [7, 11) is 0. The number of aromatic nitrogens is 1. The molecular formula is C15H10ClFN2O2. The van der Waals surface area contributed by atoms with E-state index in [0.717, 1.165) is 0 Å². The van der Waals surface area contributed by atoms with E-state index in [2.05, 4.69) is 22.1 Å². The van der Waals surface area contributed by atoms with Gasteiger partial charge in [-0.2, -0.15) is 0 Å². The van der Waals surface area contributed by atoms with Crippen molar-refractivity contribution in [3.05, 3.63) is 58.5 Å². The number of hydrogen-bond acceptors (Lipinski definition) is 3. The number of aliphatic hydroxyl groups is 1. The summed E-state index contributed by atoms with van der Waals surface area (Å²) in [5.74, 6) is 4.09. The molecule has 0 saturated heterocycles. The molecule has 4 nitrogen and oxygen atoms in total. The van der Waals surface area contributed by atoms with Crippen LogP contribution in [0.1, 0.15) is 16.1 Å². The molecule has 1 amide bonds. The van der Waals surface area contributed by atoms with Crippen LogP contribution in [-0.2, 0) is 0 Å². The average molecular weight is 305 g/mol. The topological polar surface area (TPSA) is 62.2 Å². The monoisotopic (exact) mass is 304 g/mol. The minimum Gasteiger partial charge on any atom is -0.384 e. The van der Waals surface area contributed by atoms with E-state index in [1.807, 2.05) is 0 Å². The predicted molar refractivity (Wildman–Crippen MR) is 77.6 cm³/mol. The number of amides is 1. The van der Waals surface area contributed by atoms with Crippen molar-refractivity contribution in [2.24, 2.45) is 0 Å². The molecule has 0 saturated carbocycles. The van der Waals surface area contributed by atoms with E-state index < -0.39 is 11.7 Å². The molecule has 21 heavy (non-hydrogen) atoms. The molecule has 0 aliphatic heterocycles. The lowest BCUT2D eigenvalue weighted by atomic mass is 10.2. The molecule has 2 rings (SSSR count). The number of halogens is 2. The molecule has 0 unspecified atom stereocenters. The molecule has 106 valence electrons. The summed E-state index contributed by atoms with van der Waals surface area (Å²) in [6.07, 6.45) is 0. The van der Waals surface area contributed by atoms with Gasteiger partial charge in [-0.25, -0.2) is 9.37 Å². The number of nitrogens with one attached hydrogen (secondary N) is 1. The van der Waals surface area contributed by atoms with E-state index in [1.54, 1.807) is 18.2 Å². The van der Waals surface area contributed by atoms with Crippen molar-refractivity contribution in [1.29, 1.82) is 0 Å². The maximum atomic E-state index is 13.3. The fourth-order valence-corrected chi connectivity index (χ4v) is 1.78. The second-order valence-electron chi connectivity index (χ2n) is 3.92. The summed E-state index contributed by atoms with van der Waals surface area (Å²) < 4.78 is 13.3. The first-order valence-electron chi connectivity index (χ1n) is 5.94. The van der Waals surface area contributed by atoms with Gasteiger partial charge in [0.05, 0.1) is 10.6 Å². The summed E-state index contributed by atoms with van der Waals surface area (Å²) in [4.78, 5) is 16.1. The highest BCUT2D eigenvalue weighted by atomic mass is 35.5. The molecule has 0 radical (unpaired) electrons. The molecular weight excluding hydrogens is 295 g/mol. The number of anilines is 1. The molecule has 0 aliphatic carbocycles. The second-order valence-corrected chi connectivity index (χ2v) is 4.30. The molecule has 1 aromatic carbocycles. The fourth-order valence-electron chi connectivity index (χ4n) is 1.57. The van der Waals surface area contributed by atoms with Crippen LogP contribution in [0.3, 0.4) is 0 Å². The highest BCUT2D eigenvalue weighted by Crippen LogP contribution is 2.20. The largest absolute Gasteiger partial charge is 0.384 e. The lowest BCUT2D eigenvalue weighted by Crippen LogP contribution is -2.14. The van der Waals surface area contributed by atoms with E-state index in [1.165, 1.54) is 18.2 Å². The molecule has 2 aromatic rings. The zero-order chi connectivity index (χ0) is 15.2. The van der Waals surface area contributed by atoms with Crippen molar-refractivity contribution < 1.29 is 14.3 Å². The Bertz CT molecular complexity index is 738. The molecule has 6 heteroatoms. The third-order valence-electron chi connectivity index (χ3n) is 2.48. The maximum absolute atomic E-state index is 13.3. The number of hydrogen-bond donors (Lipinski definition) is 2. The smallest absolute Gasteiger partial charge is 0.258 e. The predicted octanol–water partition coefficient (Wildman–Crippen LogP) is 2.47. The van der Waals surface area contributed by atoms with Crippen LogP contribution >= 0.6 is 11.6 Å². The van der Waals surface area contributed by atoms with Gasteiger partial charge in [-0.15, -0.1) is 0 Å². The molecule has 1 aromatic heterocycles. The van der Waals surface area contributed by atoms with Crippen molar-refractivity contribution in [3.63, 3.8) is 0 Å². The van der Waals surface area contributed by atoms with E-state index in [4.69, 9.17) is 16.7 Å². The number of carbonyl (C=O) groups excluding carboxylic acids is 1. The summed E-state index contributed by atoms with van der Waals surface area (Å²) >= 11 is 5.75. The van der Waals surface area contributed by atoms with Crippen LogP contribution < -0.4 is 5.32 Å². The van der Waals surface area contributed by atoms with Gasteiger partial charge in [-0.05, 0) is 30.2 Å². The van der Waals surface area contributed by atoms with Crippen LogP contribution in [0.5, 0.6) is 0 Å². The van der Waals surface area contributed by atoms with E-state index in [-0.39, 0.29) is 23.0 Å². The summed E-state index contributed by atoms with van der Waals surface area (Å²) in [5.41, 5.74) is 0.414. The minimum atomic E-state index is -0.667. The van der Waals surface area contributed by atoms with Gasteiger partial charge in [0.1, 0.15) is 23.9 Å². The van der Waals surface area contributed by atoms with Crippen LogP contribution in [0.15, 0.2) is 36.4 Å². The Morgan fingerprint density at radius 3 is 2.86 bits per heavy atom. The third kappa shape index (κ3) is 3.78. The van der Waals surface area contributed by atoms with Crippen molar-refractivity contribution in [3.8, 4) is 11.8 Å². The highest BCUT2D eigenvalue weighted by molar-refractivity contribution is 6.34. The third-order valence-corrected chi connectivity index (χ3v) is 2.87. The van der Waals surface area contributed by atoms with Crippen LogP contribution in [0.2, 0.25) is 5.02 Å². The lowest BCUT2D eigenvalue weighted by molar-refractivity contribution is 0.102. The van der Waals surface area contributed by atoms with Crippen LogP contribution in [-0.4, -0.2) is 22.6 Å².